The molecule has 1 saturated heterocycles. The Bertz CT molecular complexity index is 727. The molecule has 2 aliphatic heterocycles. The van der Waals surface area contributed by atoms with E-state index in [1.165, 1.54) is 47.3 Å². The van der Waals surface area contributed by atoms with Gasteiger partial charge < -0.3 is 5.32 Å². The van der Waals surface area contributed by atoms with Gasteiger partial charge in [-0.15, -0.1) is 11.8 Å². The Morgan fingerprint density at radius 1 is 1.36 bits per heavy atom. The van der Waals surface area contributed by atoms with E-state index >= 15 is 0 Å². The summed E-state index contributed by atoms with van der Waals surface area (Å²) in [6.45, 7) is 2.37. The zero-order valence-corrected chi connectivity index (χ0v) is 14.0. The molecule has 3 nitrogen and oxygen atoms in total. The van der Waals surface area contributed by atoms with E-state index in [0.717, 1.165) is 11.6 Å². The first-order valence-electron chi connectivity index (χ1n) is 7.75. The summed E-state index contributed by atoms with van der Waals surface area (Å²) in [5, 5.41) is 6.93. The lowest BCUT2D eigenvalue weighted by Gasteiger charge is -2.21. The minimum absolute atomic E-state index is 0.874. The third-order valence-corrected chi connectivity index (χ3v) is 6.16. The molecule has 0 amide bonds. The Kier molecular flexibility index (Phi) is 4.28. The van der Waals surface area contributed by atoms with Gasteiger partial charge in [0.2, 0.25) is 0 Å². The van der Waals surface area contributed by atoms with E-state index in [2.05, 4.69) is 50.5 Å². The molecular weight excluding hydrogens is 310 g/mol. The van der Waals surface area contributed by atoms with Crippen LogP contribution in [-0.4, -0.2) is 28.2 Å². The third kappa shape index (κ3) is 2.98. The molecule has 1 fully saturated rings. The largest absolute Gasteiger partial charge is 0.317 e. The maximum absolute atomic E-state index is 4.45. The van der Waals surface area contributed by atoms with Crippen molar-refractivity contribution in [1.29, 1.82) is 0 Å². The fraction of sp³-hybridized carbons (Fsp3) is 0.353. The van der Waals surface area contributed by atoms with E-state index in [4.69, 9.17) is 0 Å². The molecule has 4 heterocycles. The number of rotatable bonds is 4. The number of nitrogens with zero attached hydrogens (tertiary/aromatic N) is 2. The molecule has 0 radical (unpaired) electrons. The van der Waals surface area contributed by atoms with Gasteiger partial charge in [0.1, 0.15) is 5.65 Å². The second-order valence-electron chi connectivity index (χ2n) is 5.72. The average molecular weight is 329 g/mol. The third-order valence-electron chi connectivity index (χ3n) is 4.15. The SMILES string of the molecule is C(=CC1=Cc2cnc3cccc(n23)S1)SCC1CCNCC1. The molecule has 0 bridgehead atoms. The minimum atomic E-state index is 0.874. The van der Waals surface area contributed by atoms with Gasteiger partial charge in [-0.05, 0) is 61.5 Å². The first-order valence-corrected chi connectivity index (χ1v) is 9.61. The predicted molar refractivity (Wildman–Crippen MR) is 96.2 cm³/mol. The molecule has 0 atom stereocenters. The summed E-state index contributed by atoms with van der Waals surface area (Å²) < 4.78 is 2.21. The van der Waals surface area contributed by atoms with Crippen molar-refractivity contribution in [2.24, 2.45) is 5.92 Å². The van der Waals surface area contributed by atoms with Gasteiger partial charge in [0, 0.05) is 10.7 Å². The molecule has 114 valence electrons. The lowest BCUT2D eigenvalue weighted by molar-refractivity contribution is 0.408. The van der Waals surface area contributed by atoms with Crippen molar-refractivity contribution >= 4 is 35.2 Å². The summed E-state index contributed by atoms with van der Waals surface area (Å²) in [7, 11) is 0. The molecule has 0 spiro atoms. The van der Waals surface area contributed by atoms with Crippen LogP contribution in [0.5, 0.6) is 0 Å². The summed E-state index contributed by atoms with van der Waals surface area (Å²) in [4.78, 5) is 5.74. The number of aromatic nitrogens is 2. The van der Waals surface area contributed by atoms with Crippen LogP contribution in [-0.2, 0) is 0 Å². The van der Waals surface area contributed by atoms with Crippen LogP contribution < -0.4 is 5.32 Å². The zero-order chi connectivity index (χ0) is 14.8. The van der Waals surface area contributed by atoms with E-state index < -0.39 is 0 Å². The van der Waals surface area contributed by atoms with Crippen LogP contribution in [0, 0.1) is 5.92 Å². The molecule has 22 heavy (non-hydrogen) atoms. The second kappa shape index (κ2) is 6.52. The van der Waals surface area contributed by atoms with Gasteiger partial charge in [0.15, 0.2) is 0 Å². The molecule has 1 N–H and O–H groups in total. The van der Waals surface area contributed by atoms with E-state index in [1.54, 1.807) is 0 Å². The smallest absolute Gasteiger partial charge is 0.138 e. The highest BCUT2D eigenvalue weighted by Crippen LogP contribution is 2.35. The topological polar surface area (TPSA) is 29.3 Å². The van der Waals surface area contributed by atoms with Gasteiger partial charge in [0.05, 0.1) is 16.9 Å². The van der Waals surface area contributed by atoms with Crippen molar-refractivity contribution in [2.75, 3.05) is 18.8 Å². The van der Waals surface area contributed by atoms with Gasteiger partial charge >= 0.3 is 0 Å². The summed E-state index contributed by atoms with van der Waals surface area (Å²) in [5.74, 6) is 2.11. The molecule has 0 unspecified atom stereocenters. The number of thioether (sulfide) groups is 2. The van der Waals surface area contributed by atoms with Crippen LogP contribution in [0.2, 0.25) is 0 Å². The number of hydrogen-bond acceptors (Lipinski definition) is 4. The lowest BCUT2D eigenvalue weighted by Crippen LogP contribution is -2.28. The maximum atomic E-state index is 4.45. The number of hydrogen-bond donors (Lipinski definition) is 1. The van der Waals surface area contributed by atoms with Crippen LogP contribution in [0.4, 0.5) is 0 Å². The standard InChI is InChI=1S/C17H19N3S2/c1-2-16-19-11-14-10-15(22-17(3-1)20(14)16)6-9-21-12-13-4-7-18-8-5-13/h1-3,6,9-11,13,18H,4-5,7-8,12H2. The number of allylic oxidation sites excluding steroid dienone is 1. The molecule has 0 aromatic carbocycles. The fourth-order valence-corrected chi connectivity index (χ4v) is 4.98. The Morgan fingerprint density at radius 2 is 2.27 bits per heavy atom. The molecule has 2 aromatic rings. The van der Waals surface area contributed by atoms with Crippen LogP contribution in [0.1, 0.15) is 18.5 Å². The molecule has 0 aliphatic carbocycles. The number of nitrogens with one attached hydrogen (secondary N) is 1. The van der Waals surface area contributed by atoms with Crippen molar-refractivity contribution in [3.8, 4) is 0 Å². The van der Waals surface area contributed by atoms with Crippen molar-refractivity contribution in [1.82, 2.24) is 14.7 Å². The van der Waals surface area contributed by atoms with Gasteiger partial charge in [-0.2, -0.15) is 0 Å². The quantitative estimate of drug-likeness (QED) is 0.917. The van der Waals surface area contributed by atoms with Crippen LogP contribution in [0.25, 0.3) is 11.7 Å². The Labute approximate surface area is 139 Å². The van der Waals surface area contributed by atoms with Crippen molar-refractivity contribution in [3.05, 3.63) is 46.5 Å². The fourth-order valence-electron chi connectivity index (χ4n) is 2.94. The Morgan fingerprint density at radius 3 is 3.18 bits per heavy atom. The minimum Gasteiger partial charge on any atom is -0.317 e. The van der Waals surface area contributed by atoms with Gasteiger partial charge in [-0.3, -0.25) is 4.40 Å². The molecule has 4 rings (SSSR count). The highest BCUT2D eigenvalue weighted by atomic mass is 32.2. The van der Waals surface area contributed by atoms with Crippen LogP contribution >= 0.6 is 23.5 Å². The normalized spacial score (nSPS) is 19.0. The summed E-state index contributed by atoms with van der Waals surface area (Å²) >= 11 is 3.76. The average Bonchev–Trinajstić information content (AvgIpc) is 2.98. The number of imidazole rings is 1. The van der Waals surface area contributed by atoms with Crippen molar-refractivity contribution < 1.29 is 0 Å². The van der Waals surface area contributed by atoms with E-state index in [-0.39, 0.29) is 0 Å². The number of pyridine rings is 1. The molecule has 0 saturated carbocycles. The number of piperidine rings is 1. The summed E-state index contributed by atoms with van der Waals surface area (Å²) in [6.07, 6.45) is 9.05. The summed E-state index contributed by atoms with van der Waals surface area (Å²) in [6, 6.07) is 6.29. The van der Waals surface area contributed by atoms with Gasteiger partial charge in [0.25, 0.3) is 0 Å². The maximum Gasteiger partial charge on any atom is 0.138 e. The van der Waals surface area contributed by atoms with Crippen molar-refractivity contribution in [2.45, 2.75) is 17.9 Å². The second-order valence-corrected chi connectivity index (χ2v) is 7.75. The first kappa shape index (κ1) is 14.4. The molecular formula is C17H19N3S2. The van der Waals surface area contributed by atoms with E-state index in [9.17, 15) is 0 Å². The van der Waals surface area contributed by atoms with Crippen LogP contribution in [0.15, 0.2) is 45.8 Å². The lowest BCUT2D eigenvalue weighted by atomic mass is 10.0. The molecule has 2 aliphatic rings. The first-order chi connectivity index (χ1) is 10.9. The highest BCUT2D eigenvalue weighted by Gasteiger charge is 2.14. The van der Waals surface area contributed by atoms with Crippen molar-refractivity contribution in [3.63, 3.8) is 0 Å². The van der Waals surface area contributed by atoms with E-state index in [1.807, 2.05) is 29.7 Å². The molecule has 5 heteroatoms. The van der Waals surface area contributed by atoms with Gasteiger partial charge in [-0.1, -0.05) is 17.8 Å². The zero-order valence-electron chi connectivity index (χ0n) is 12.4. The highest BCUT2D eigenvalue weighted by molar-refractivity contribution is 8.04. The monoisotopic (exact) mass is 329 g/mol. The predicted octanol–water partition coefficient (Wildman–Crippen LogP) is 4.03. The summed E-state index contributed by atoms with van der Waals surface area (Å²) in [5.41, 5.74) is 2.20. The Balaban J connectivity index is 1.41. The Hall–Kier alpha value is -1.17. The van der Waals surface area contributed by atoms with Crippen LogP contribution in [0.3, 0.4) is 0 Å². The van der Waals surface area contributed by atoms with E-state index in [0.29, 0.717) is 0 Å². The van der Waals surface area contributed by atoms with Gasteiger partial charge in [-0.25, -0.2) is 4.98 Å². The molecule has 2 aromatic heterocycles.